The molecule has 0 aliphatic rings. The molecule has 15 heavy (non-hydrogen) atoms. The summed E-state index contributed by atoms with van der Waals surface area (Å²) < 4.78 is 5.14. The van der Waals surface area contributed by atoms with Crippen LogP contribution in [0.3, 0.4) is 0 Å². The monoisotopic (exact) mass is 210 g/mol. The van der Waals surface area contributed by atoms with Gasteiger partial charge in [0.25, 0.3) is 0 Å². The molecule has 1 aromatic heterocycles. The molecule has 0 aromatic carbocycles. The Balaban J connectivity index is 3.42. The van der Waals surface area contributed by atoms with Gasteiger partial charge in [0.1, 0.15) is 0 Å². The van der Waals surface area contributed by atoms with Crippen LogP contribution in [0.1, 0.15) is 32.0 Å². The molecule has 0 aliphatic heterocycles. The molecule has 1 aromatic rings. The summed E-state index contributed by atoms with van der Waals surface area (Å²) >= 11 is 0. The number of ether oxygens (including phenoxy) is 1. The van der Waals surface area contributed by atoms with Crippen molar-refractivity contribution in [2.24, 2.45) is 5.73 Å². The van der Waals surface area contributed by atoms with E-state index in [2.05, 4.69) is 9.97 Å². The first kappa shape index (κ1) is 11.7. The second-order valence-corrected chi connectivity index (χ2v) is 4.37. The van der Waals surface area contributed by atoms with E-state index in [-0.39, 0.29) is 11.4 Å². The van der Waals surface area contributed by atoms with Crippen molar-refractivity contribution in [3.63, 3.8) is 0 Å². The molecule has 0 fully saturated rings. The summed E-state index contributed by atoms with van der Waals surface area (Å²) in [5.41, 5.74) is 12.8. The third-order valence-electron chi connectivity index (χ3n) is 2.09. The van der Waals surface area contributed by atoms with Crippen molar-refractivity contribution in [1.29, 1.82) is 0 Å². The Bertz CT molecular complexity index is 357. The van der Waals surface area contributed by atoms with Gasteiger partial charge >= 0.3 is 0 Å². The summed E-state index contributed by atoms with van der Waals surface area (Å²) in [6.45, 7) is 6.49. The van der Waals surface area contributed by atoms with Gasteiger partial charge in [0.05, 0.1) is 18.4 Å². The van der Waals surface area contributed by atoms with E-state index in [9.17, 15) is 0 Å². The fourth-order valence-electron chi connectivity index (χ4n) is 1.45. The number of anilines is 1. The van der Waals surface area contributed by atoms with Crippen LogP contribution in [0.5, 0.6) is 5.88 Å². The third kappa shape index (κ3) is 2.36. The molecule has 0 unspecified atom stereocenters. The summed E-state index contributed by atoms with van der Waals surface area (Å²) in [5.74, 6) is 0.684. The molecule has 0 amide bonds. The molecule has 1 rings (SSSR count). The van der Waals surface area contributed by atoms with Crippen LogP contribution < -0.4 is 16.2 Å². The lowest BCUT2D eigenvalue weighted by Crippen LogP contribution is -2.21. The SMILES string of the molecule is COc1nc(N)nc(C(C)(C)C)c1CN. The van der Waals surface area contributed by atoms with E-state index >= 15 is 0 Å². The largest absolute Gasteiger partial charge is 0.481 e. The van der Waals surface area contributed by atoms with Crippen LogP contribution in [0.4, 0.5) is 5.95 Å². The van der Waals surface area contributed by atoms with Gasteiger partial charge in [-0.3, -0.25) is 0 Å². The van der Waals surface area contributed by atoms with Crippen LogP contribution in [-0.2, 0) is 12.0 Å². The van der Waals surface area contributed by atoms with E-state index < -0.39 is 0 Å². The van der Waals surface area contributed by atoms with Crippen molar-refractivity contribution in [2.45, 2.75) is 32.7 Å². The topological polar surface area (TPSA) is 87.0 Å². The van der Waals surface area contributed by atoms with Gasteiger partial charge in [0.2, 0.25) is 11.8 Å². The van der Waals surface area contributed by atoms with Crippen LogP contribution in [0.25, 0.3) is 0 Å². The highest BCUT2D eigenvalue weighted by molar-refractivity contribution is 5.39. The molecule has 0 spiro atoms. The number of hydrogen-bond donors (Lipinski definition) is 2. The molecule has 0 aliphatic carbocycles. The Morgan fingerprint density at radius 3 is 2.27 bits per heavy atom. The highest BCUT2D eigenvalue weighted by Gasteiger charge is 2.23. The Kier molecular flexibility index (Phi) is 3.14. The Hall–Kier alpha value is -1.36. The number of nitrogen functional groups attached to an aromatic ring is 1. The zero-order chi connectivity index (χ0) is 11.6. The average Bonchev–Trinajstić information content (AvgIpc) is 2.15. The first-order valence-electron chi connectivity index (χ1n) is 4.81. The normalized spacial score (nSPS) is 11.5. The van der Waals surface area contributed by atoms with Crippen LogP contribution >= 0.6 is 0 Å². The molecule has 5 nitrogen and oxygen atoms in total. The molecule has 0 radical (unpaired) electrons. The molecular formula is C10H18N4O. The van der Waals surface area contributed by atoms with Crippen molar-refractivity contribution >= 4 is 5.95 Å². The zero-order valence-electron chi connectivity index (χ0n) is 9.66. The lowest BCUT2D eigenvalue weighted by molar-refractivity contribution is 0.388. The number of nitrogens with zero attached hydrogens (tertiary/aromatic N) is 2. The van der Waals surface area contributed by atoms with Crippen LogP contribution in [-0.4, -0.2) is 17.1 Å². The predicted octanol–water partition coefficient (Wildman–Crippen LogP) is 0.824. The fourth-order valence-corrected chi connectivity index (χ4v) is 1.45. The van der Waals surface area contributed by atoms with Crippen LogP contribution in [0, 0.1) is 0 Å². The molecule has 0 saturated heterocycles. The molecule has 4 N–H and O–H groups in total. The maximum Gasteiger partial charge on any atom is 0.223 e. The van der Waals surface area contributed by atoms with Gasteiger partial charge in [-0.1, -0.05) is 20.8 Å². The summed E-state index contributed by atoms with van der Waals surface area (Å²) in [5, 5.41) is 0. The van der Waals surface area contributed by atoms with Gasteiger partial charge in [0, 0.05) is 12.0 Å². The number of rotatable bonds is 2. The molecule has 1 heterocycles. The van der Waals surface area contributed by atoms with E-state index in [1.54, 1.807) is 7.11 Å². The van der Waals surface area contributed by atoms with E-state index in [1.165, 1.54) is 0 Å². The first-order valence-corrected chi connectivity index (χ1v) is 4.81. The van der Waals surface area contributed by atoms with Crippen molar-refractivity contribution in [3.05, 3.63) is 11.3 Å². The van der Waals surface area contributed by atoms with Gasteiger partial charge in [-0.25, -0.2) is 4.98 Å². The fraction of sp³-hybridized carbons (Fsp3) is 0.600. The van der Waals surface area contributed by atoms with E-state index in [0.29, 0.717) is 12.4 Å². The minimum Gasteiger partial charge on any atom is -0.481 e. The van der Waals surface area contributed by atoms with Crippen LogP contribution in [0.2, 0.25) is 0 Å². The third-order valence-corrected chi connectivity index (χ3v) is 2.09. The number of nitrogens with two attached hydrogens (primary N) is 2. The van der Waals surface area contributed by atoms with Crippen molar-refractivity contribution < 1.29 is 4.74 Å². The first-order chi connectivity index (χ1) is 6.90. The summed E-state index contributed by atoms with van der Waals surface area (Å²) in [4.78, 5) is 8.23. The summed E-state index contributed by atoms with van der Waals surface area (Å²) in [6, 6.07) is 0. The number of aromatic nitrogens is 2. The molecule has 0 bridgehead atoms. The van der Waals surface area contributed by atoms with E-state index in [1.807, 2.05) is 20.8 Å². The highest BCUT2D eigenvalue weighted by atomic mass is 16.5. The molecular weight excluding hydrogens is 192 g/mol. The second kappa shape index (κ2) is 4.02. The van der Waals surface area contributed by atoms with Gasteiger partial charge in [0.15, 0.2) is 0 Å². The highest BCUT2D eigenvalue weighted by Crippen LogP contribution is 2.29. The quantitative estimate of drug-likeness (QED) is 0.754. The van der Waals surface area contributed by atoms with Crippen molar-refractivity contribution in [2.75, 3.05) is 12.8 Å². The molecule has 0 saturated carbocycles. The van der Waals surface area contributed by atoms with Crippen molar-refractivity contribution in [1.82, 2.24) is 9.97 Å². The second-order valence-electron chi connectivity index (χ2n) is 4.37. The van der Waals surface area contributed by atoms with Crippen molar-refractivity contribution in [3.8, 4) is 5.88 Å². The minimum absolute atomic E-state index is 0.126. The minimum atomic E-state index is -0.126. The summed E-state index contributed by atoms with van der Waals surface area (Å²) in [7, 11) is 1.55. The maximum atomic E-state index is 5.67. The molecule has 5 heteroatoms. The maximum absolute atomic E-state index is 5.67. The van der Waals surface area contributed by atoms with Gasteiger partial charge in [-0.15, -0.1) is 0 Å². The Labute approximate surface area is 89.9 Å². The predicted molar refractivity (Wildman–Crippen MR) is 59.6 cm³/mol. The Morgan fingerprint density at radius 2 is 1.87 bits per heavy atom. The lowest BCUT2D eigenvalue weighted by Gasteiger charge is -2.22. The van der Waals surface area contributed by atoms with Gasteiger partial charge in [-0.05, 0) is 0 Å². The molecule has 84 valence electrons. The summed E-state index contributed by atoms with van der Waals surface area (Å²) in [6.07, 6.45) is 0. The lowest BCUT2D eigenvalue weighted by atomic mass is 9.88. The number of methoxy groups -OCH3 is 1. The van der Waals surface area contributed by atoms with Gasteiger partial charge in [-0.2, -0.15) is 4.98 Å². The van der Waals surface area contributed by atoms with E-state index in [0.717, 1.165) is 11.3 Å². The standard InChI is InChI=1S/C10H18N4O/c1-10(2,3)7-6(5-11)8(15-4)14-9(12)13-7/h5,11H2,1-4H3,(H2,12,13,14). The molecule has 0 atom stereocenters. The van der Waals surface area contributed by atoms with E-state index in [4.69, 9.17) is 16.2 Å². The van der Waals surface area contributed by atoms with Gasteiger partial charge < -0.3 is 16.2 Å². The van der Waals surface area contributed by atoms with Crippen LogP contribution in [0.15, 0.2) is 0 Å². The Morgan fingerprint density at radius 1 is 1.27 bits per heavy atom. The zero-order valence-corrected chi connectivity index (χ0v) is 9.66. The number of hydrogen-bond acceptors (Lipinski definition) is 5. The average molecular weight is 210 g/mol. The smallest absolute Gasteiger partial charge is 0.223 e.